The van der Waals surface area contributed by atoms with Crippen LogP contribution >= 0.6 is 11.6 Å². The number of aliphatic carboxylic acids is 1. The van der Waals surface area contributed by atoms with Crippen LogP contribution in [0.5, 0.6) is 17.2 Å². The van der Waals surface area contributed by atoms with Gasteiger partial charge in [0.2, 0.25) is 5.78 Å². The highest BCUT2D eigenvalue weighted by Gasteiger charge is 2.58. The lowest BCUT2D eigenvalue weighted by Crippen LogP contribution is -2.22. The van der Waals surface area contributed by atoms with Crippen LogP contribution in [0.3, 0.4) is 0 Å². The molecule has 2 aliphatic heterocycles. The van der Waals surface area contributed by atoms with E-state index in [4.69, 9.17) is 30.9 Å². The Morgan fingerprint density at radius 1 is 1.11 bits per heavy atom. The molecule has 0 saturated heterocycles. The summed E-state index contributed by atoms with van der Waals surface area (Å²) in [6, 6.07) is 13.3. The third-order valence-corrected chi connectivity index (χ3v) is 7.77. The topological polar surface area (TPSA) is 82.1 Å². The number of benzene rings is 3. The maximum atomic E-state index is 13.0. The van der Waals surface area contributed by atoms with E-state index in [1.165, 1.54) is 0 Å². The van der Waals surface area contributed by atoms with Crippen molar-refractivity contribution in [2.75, 3.05) is 6.61 Å². The van der Waals surface area contributed by atoms with Crippen molar-refractivity contribution in [1.82, 2.24) is 0 Å². The molecule has 1 spiro atoms. The van der Waals surface area contributed by atoms with Gasteiger partial charge in [0.05, 0.1) is 18.6 Å². The highest BCUT2D eigenvalue weighted by atomic mass is 35.5. The standard InChI is InChI=1S/C29H25ClO6/c1-15-9-24-27(28(33)29(36-24)7-8-29)16(2)26(15)17-3-6-22(30)19(10-17)14-34-20-4-5-21-18(11-25(31)32)13-35-23(21)12-20/h3-6,9-10,12,18H,7-8,11,13-14H2,1-2H3,(H,31,32). The number of carboxylic acid groups (broad SMARTS) is 1. The number of carboxylic acids is 1. The Labute approximate surface area is 213 Å². The van der Waals surface area contributed by atoms with Crippen molar-refractivity contribution in [3.8, 4) is 28.4 Å². The number of hydrogen-bond acceptors (Lipinski definition) is 5. The van der Waals surface area contributed by atoms with Crippen molar-refractivity contribution in [3.05, 3.63) is 75.3 Å². The van der Waals surface area contributed by atoms with Crippen LogP contribution in [0.2, 0.25) is 5.02 Å². The van der Waals surface area contributed by atoms with Gasteiger partial charge in [0.1, 0.15) is 23.9 Å². The molecule has 1 unspecified atom stereocenters. The van der Waals surface area contributed by atoms with Gasteiger partial charge in [-0.15, -0.1) is 0 Å². The Morgan fingerprint density at radius 3 is 2.67 bits per heavy atom. The fourth-order valence-corrected chi connectivity index (χ4v) is 5.58. The number of carbonyl (C=O) groups is 2. The van der Waals surface area contributed by atoms with Gasteiger partial charge in [0.25, 0.3) is 0 Å². The van der Waals surface area contributed by atoms with Crippen LogP contribution in [0.4, 0.5) is 0 Å². The minimum atomic E-state index is -0.843. The largest absolute Gasteiger partial charge is 0.492 e. The number of halogens is 1. The molecule has 6 nitrogen and oxygen atoms in total. The van der Waals surface area contributed by atoms with Crippen LogP contribution in [-0.4, -0.2) is 29.1 Å². The predicted molar refractivity (Wildman–Crippen MR) is 135 cm³/mol. The van der Waals surface area contributed by atoms with Gasteiger partial charge in [-0.05, 0) is 73.2 Å². The fourth-order valence-electron chi connectivity index (χ4n) is 5.41. The van der Waals surface area contributed by atoms with Crippen LogP contribution in [0.1, 0.15) is 57.8 Å². The molecule has 0 radical (unpaired) electrons. The zero-order valence-corrected chi connectivity index (χ0v) is 20.8. The third-order valence-electron chi connectivity index (χ3n) is 7.40. The molecule has 1 fully saturated rings. The number of Topliss-reactive ketones (excluding diaryl/α,β-unsaturated/α-hetero) is 1. The van der Waals surface area contributed by atoms with E-state index in [0.717, 1.165) is 46.2 Å². The Hall–Kier alpha value is -3.51. The van der Waals surface area contributed by atoms with Crippen molar-refractivity contribution in [2.45, 2.75) is 51.2 Å². The SMILES string of the molecule is Cc1cc2c(c(C)c1-c1ccc(Cl)c(COc3ccc4c(c3)OCC4CC(=O)O)c1)C(=O)C1(CC1)O2. The summed E-state index contributed by atoms with van der Waals surface area (Å²) >= 11 is 6.52. The first-order chi connectivity index (χ1) is 17.3. The Morgan fingerprint density at radius 2 is 1.92 bits per heavy atom. The van der Waals surface area contributed by atoms with E-state index in [-0.39, 0.29) is 24.7 Å². The molecule has 2 heterocycles. The molecule has 1 saturated carbocycles. The highest BCUT2D eigenvalue weighted by Crippen LogP contribution is 2.52. The van der Waals surface area contributed by atoms with Crippen molar-refractivity contribution in [2.24, 2.45) is 0 Å². The lowest BCUT2D eigenvalue weighted by atomic mass is 9.89. The minimum Gasteiger partial charge on any atom is -0.492 e. The molecule has 1 atom stereocenters. The molecule has 36 heavy (non-hydrogen) atoms. The molecule has 0 bridgehead atoms. The summed E-state index contributed by atoms with van der Waals surface area (Å²) in [5, 5.41) is 9.69. The number of ether oxygens (including phenoxy) is 3. The number of rotatable bonds is 6. The van der Waals surface area contributed by atoms with Crippen molar-refractivity contribution in [3.63, 3.8) is 0 Å². The summed E-state index contributed by atoms with van der Waals surface area (Å²) in [6.45, 7) is 4.61. The Bertz CT molecular complexity index is 1440. The van der Waals surface area contributed by atoms with Gasteiger partial charge in [-0.25, -0.2) is 0 Å². The molecule has 0 amide bonds. The second-order valence-electron chi connectivity index (χ2n) is 9.89. The first-order valence-corrected chi connectivity index (χ1v) is 12.4. The molecule has 184 valence electrons. The smallest absolute Gasteiger partial charge is 0.304 e. The maximum absolute atomic E-state index is 13.0. The van der Waals surface area contributed by atoms with Gasteiger partial charge < -0.3 is 19.3 Å². The molecule has 6 rings (SSSR count). The van der Waals surface area contributed by atoms with Crippen molar-refractivity contribution < 1.29 is 28.9 Å². The minimum absolute atomic E-state index is 0.0375. The molecule has 3 aromatic carbocycles. The second kappa shape index (κ2) is 8.27. The number of aryl methyl sites for hydroxylation is 1. The predicted octanol–water partition coefficient (Wildman–Crippen LogP) is 6.26. The van der Waals surface area contributed by atoms with Crippen LogP contribution in [-0.2, 0) is 11.4 Å². The second-order valence-corrected chi connectivity index (χ2v) is 10.3. The average Bonchev–Trinajstić information content (AvgIpc) is 3.43. The van der Waals surface area contributed by atoms with Gasteiger partial charge >= 0.3 is 5.97 Å². The van der Waals surface area contributed by atoms with Crippen LogP contribution < -0.4 is 14.2 Å². The molecule has 7 heteroatoms. The summed E-state index contributed by atoms with van der Waals surface area (Å²) in [5.41, 5.74) is 5.73. The Balaban J connectivity index is 1.25. The van der Waals surface area contributed by atoms with E-state index in [1.807, 2.05) is 50.2 Å². The van der Waals surface area contributed by atoms with Crippen molar-refractivity contribution in [1.29, 1.82) is 0 Å². The van der Waals surface area contributed by atoms with E-state index in [1.54, 1.807) is 6.07 Å². The summed E-state index contributed by atoms with van der Waals surface area (Å²) < 4.78 is 17.8. The van der Waals surface area contributed by atoms with E-state index in [9.17, 15) is 9.59 Å². The van der Waals surface area contributed by atoms with Crippen molar-refractivity contribution >= 4 is 23.4 Å². The van der Waals surface area contributed by atoms with Crippen LogP contribution in [0, 0.1) is 13.8 Å². The van der Waals surface area contributed by atoms with Crippen LogP contribution in [0.15, 0.2) is 42.5 Å². The Kier molecular flexibility index (Phi) is 5.27. The first kappa shape index (κ1) is 22.9. The zero-order valence-electron chi connectivity index (χ0n) is 20.0. The molecular formula is C29H25ClO6. The number of carbonyl (C=O) groups excluding carboxylic acids is 1. The third kappa shape index (κ3) is 3.71. The van der Waals surface area contributed by atoms with Gasteiger partial charge in [0.15, 0.2) is 5.60 Å². The number of fused-ring (bicyclic) bond motifs is 2. The lowest BCUT2D eigenvalue weighted by molar-refractivity contribution is -0.137. The molecular weight excluding hydrogens is 480 g/mol. The van der Waals surface area contributed by atoms with E-state index in [0.29, 0.717) is 34.4 Å². The van der Waals surface area contributed by atoms with Gasteiger partial charge in [0, 0.05) is 28.1 Å². The monoisotopic (exact) mass is 504 g/mol. The highest BCUT2D eigenvalue weighted by molar-refractivity contribution is 6.31. The fraction of sp³-hybridized carbons (Fsp3) is 0.310. The maximum Gasteiger partial charge on any atom is 0.304 e. The normalized spacial score (nSPS) is 18.4. The first-order valence-electron chi connectivity index (χ1n) is 12.0. The number of ketones is 1. The molecule has 1 aliphatic carbocycles. The molecule has 1 N–H and O–H groups in total. The molecule has 3 aliphatic rings. The van der Waals surface area contributed by atoms with E-state index < -0.39 is 11.6 Å². The van der Waals surface area contributed by atoms with Crippen LogP contribution in [0.25, 0.3) is 11.1 Å². The zero-order chi connectivity index (χ0) is 25.2. The summed E-state index contributed by atoms with van der Waals surface area (Å²) in [4.78, 5) is 24.1. The molecule has 0 aromatic heterocycles. The quantitative estimate of drug-likeness (QED) is 0.426. The summed E-state index contributed by atoms with van der Waals surface area (Å²) in [6.07, 6.45) is 1.60. The summed E-state index contributed by atoms with van der Waals surface area (Å²) in [5.74, 6) is 1.07. The lowest BCUT2D eigenvalue weighted by Gasteiger charge is -2.15. The number of hydrogen-bond donors (Lipinski definition) is 1. The van der Waals surface area contributed by atoms with E-state index in [2.05, 4.69) is 0 Å². The van der Waals surface area contributed by atoms with Gasteiger partial charge in [-0.2, -0.15) is 0 Å². The van der Waals surface area contributed by atoms with Gasteiger partial charge in [-0.1, -0.05) is 23.7 Å². The van der Waals surface area contributed by atoms with E-state index >= 15 is 0 Å². The summed E-state index contributed by atoms with van der Waals surface area (Å²) in [7, 11) is 0. The average molecular weight is 505 g/mol. The molecule has 3 aromatic rings. The van der Waals surface area contributed by atoms with Gasteiger partial charge in [-0.3, -0.25) is 9.59 Å².